The van der Waals surface area contributed by atoms with E-state index < -0.39 is 6.04 Å². The summed E-state index contributed by atoms with van der Waals surface area (Å²) in [6.45, 7) is 0. The molecule has 0 bridgehead atoms. The Labute approximate surface area is 228 Å². The van der Waals surface area contributed by atoms with Crippen molar-refractivity contribution in [3.63, 3.8) is 0 Å². The number of nitriles is 2. The van der Waals surface area contributed by atoms with Crippen LogP contribution in [-0.4, -0.2) is 17.9 Å². The molecule has 4 aromatic carbocycles. The van der Waals surface area contributed by atoms with Crippen LogP contribution in [0.4, 0.5) is 5.69 Å². The molecule has 1 saturated heterocycles. The van der Waals surface area contributed by atoms with E-state index in [1.54, 1.807) is 0 Å². The van der Waals surface area contributed by atoms with Gasteiger partial charge in [0.2, 0.25) is 0 Å². The Morgan fingerprint density at radius 1 is 0.692 bits per heavy atom. The highest BCUT2D eigenvalue weighted by Gasteiger charge is 2.54. The minimum atomic E-state index is -0.548. The van der Waals surface area contributed by atoms with E-state index in [0.29, 0.717) is 11.1 Å². The molecule has 0 amide bonds. The Kier molecular flexibility index (Phi) is 6.37. The number of nitrogens with zero attached hydrogens (tertiary/aromatic N) is 3. The van der Waals surface area contributed by atoms with E-state index in [0.717, 1.165) is 22.4 Å². The van der Waals surface area contributed by atoms with Crippen LogP contribution < -0.4 is 4.90 Å². The number of anilines is 1. The molecule has 186 valence electrons. The molecule has 0 spiro atoms. The molecule has 4 aromatic rings. The van der Waals surface area contributed by atoms with Crippen molar-refractivity contribution in [2.75, 3.05) is 4.90 Å². The van der Waals surface area contributed by atoms with Gasteiger partial charge in [-0.25, -0.2) is 0 Å². The van der Waals surface area contributed by atoms with Crippen LogP contribution in [0.1, 0.15) is 33.0 Å². The van der Waals surface area contributed by atoms with Crippen LogP contribution in [-0.2, 0) is 0 Å². The fourth-order valence-corrected chi connectivity index (χ4v) is 6.27. The highest BCUT2D eigenvalue weighted by Crippen LogP contribution is 2.54. The Hall–Kier alpha value is -5.19. The summed E-state index contributed by atoms with van der Waals surface area (Å²) in [5.74, 6) is -0.622. The summed E-state index contributed by atoms with van der Waals surface area (Å²) in [6.07, 6.45) is 4.23. The Morgan fingerprint density at radius 2 is 1.26 bits per heavy atom. The first kappa shape index (κ1) is 24.2. The maximum Gasteiger partial charge on any atom is 0.185 e. The molecule has 39 heavy (non-hydrogen) atoms. The first-order valence-corrected chi connectivity index (χ1v) is 13.0. The second-order valence-corrected chi connectivity index (χ2v) is 9.83. The topological polar surface area (TPSA) is 67.9 Å². The fourth-order valence-electron chi connectivity index (χ4n) is 6.27. The number of allylic oxidation sites excluding steroid dienone is 1. The van der Waals surface area contributed by atoms with Gasteiger partial charge in [0.25, 0.3) is 0 Å². The molecule has 4 atom stereocenters. The first-order valence-electron chi connectivity index (χ1n) is 13.0. The molecule has 2 heterocycles. The molecule has 0 radical (unpaired) electrons. The number of benzene rings is 4. The van der Waals surface area contributed by atoms with Crippen LogP contribution in [0.25, 0.3) is 11.6 Å². The van der Waals surface area contributed by atoms with E-state index >= 15 is 0 Å². The van der Waals surface area contributed by atoms with Gasteiger partial charge >= 0.3 is 0 Å². The number of ketones is 1. The quantitative estimate of drug-likeness (QED) is 0.216. The first-order chi connectivity index (χ1) is 19.2. The van der Waals surface area contributed by atoms with Gasteiger partial charge in [-0.1, -0.05) is 121 Å². The lowest BCUT2D eigenvalue weighted by molar-refractivity contribution is 0.0953. The minimum absolute atomic E-state index is 0.0185. The van der Waals surface area contributed by atoms with Gasteiger partial charge in [0, 0.05) is 23.1 Å². The Bertz CT molecular complexity index is 1640. The summed E-state index contributed by atoms with van der Waals surface area (Å²) in [4.78, 5) is 16.7. The van der Waals surface area contributed by atoms with Crippen molar-refractivity contribution in [3.8, 4) is 12.1 Å². The monoisotopic (exact) mass is 503 g/mol. The molecule has 4 nitrogen and oxygen atoms in total. The van der Waals surface area contributed by atoms with E-state index in [1.807, 2.05) is 91.0 Å². The van der Waals surface area contributed by atoms with Gasteiger partial charge in [-0.15, -0.1) is 0 Å². The number of Topliss-reactive ketones (excluding diaryl/α,β-unsaturated/α-hetero) is 1. The van der Waals surface area contributed by atoms with Gasteiger partial charge in [-0.3, -0.25) is 4.79 Å². The number of carbonyl (C=O) groups is 1. The molecular weight excluding hydrogens is 478 g/mol. The summed E-state index contributed by atoms with van der Waals surface area (Å²) < 4.78 is 0. The molecule has 6 rings (SSSR count). The largest absolute Gasteiger partial charge is 0.353 e. The van der Waals surface area contributed by atoms with Crippen LogP contribution >= 0.6 is 0 Å². The third kappa shape index (κ3) is 4.13. The predicted molar refractivity (Wildman–Crippen MR) is 154 cm³/mol. The zero-order valence-corrected chi connectivity index (χ0v) is 21.2. The van der Waals surface area contributed by atoms with Gasteiger partial charge < -0.3 is 4.90 Å². The lowest BCUT2D eigenvalue weighted by atomic mass is 9.73. The van der Waals surface area contributed by atoms with E-state index in [-0.39, 0.29) is 29.2 Å². The Balaban J connectivity index is 1.67. The molecule has 2 aliphatic heterocycles. The zero-order valence-electron chi connectivity index (χ0n) is 21.2. The van der Waals surface area contributed by atoms with E-state index in [2.05, 4.69) is 53.5 Å². The third-order valence-corrected chi connectivity index (χ3v) is 7.83. The molecule has 1 fully saturated rings. The number of fused-ring (bicyclic) bond motifs is 3. The average Bonchev–Trinajstić information content (AvgIpc) is 3.36. The van der Waals surface area contributed by atoms with Crippen LogP contribution in [0.15, 0.2) is 127 Å². The highest BCUT2D eigenvalue weighted by atomic mass is 16.1. The standard InChI is InChI=1S/C35H25N3O/c36-22-28(23-37)31(25-13-4-1-5-14-25)33-30-21-20-24-12-10-11-19-29(24)38(30)34(32(33)26-15-6-2-7-16-26)35(39)27-17-8-3-9-18-27/h1-21,30,32-34H/t30-,32+,33+,34-/m0/s1. The molecule has 4 heteroatoms. The Morgan fingerprint density at radius 3 is 1.90 bits per heavy atom. The average molecular weight is 504 g/mol. The second-order valence-electron chi connectivity index (χ2n) is 9.83. The van der Waals surface area contributed by atoms with Crippen molar-refractivity contribution in [1.82, 2.24) is 0 Å². The zero-order chi connectivity index (χ0) is 26.8. The molecule has 0 unspecified atom stereocenters. The van der Waals surface area contributed by atoms with Gasteiger partial charge in [-0.2, -0.15) is 10.5 Å². The number of rotatable bonds is 5. The lowest BCUT2D eigenvalue weighted by Crippen LogP contribution is -2.43. The van der Waals surface area contributed by atoms with Crippen molar-refractivity contribution in [2.45, 2.75) is 18.0 Å². The maximum atomic E-state index is 14.5. The third-order valence-electron chi connectivity index (χ3n) is 7.83. The summed E-state index contributed by atoms with van der Waals surface area (Å²) in [7, 11) is 0. The molecule has 0 saturated carbocycles. The lowest BCUT2D eigenvalue weighted by Gasteiger charge is -2.36. The predicted octanol–water partition coefficient (Wildman–Crippen LogP) is 7.05. The van der Waals surface area contributed by atoms with Crippen molar-refractivity contribution >= 4 is 23.1 Å². The number of para-hydroxylation sites is 1. The number of carbonyl (C=O) groups excluding carboxylic acids is 1. The van der Waals surface area contributed by atoms with Gasteiger partial charge in [0.05, 0.1) is 6.04 Å². The summed E-state index contributed by atoms with van der Waals surface area (Å²) >= 11 is 0. The second kappa shape index (κ2) is 10.3. The van der Waals surface area contributed by atoms with Crippen LogP contribution in [0.3, 0.4) is 0 Å². The van der Waals surface area contributed by atoms with Crippen LogP contribution in [0, 0.1) is 28.6 Å². The fraction of sp³-hybridized carbons (Fsp3) is 0.114. The van der Waals surface area contributed by atoms with Gasteiger partial charge in [0.1, 0.15) is 23.8 Å². The smallest absolute Gasteiger partial charge is 0.185 e. The van der Waals surface area contributed by atoms with Crippen molar-refractivity contribution in [3.05, 3.63) is 149 Å². The summed E-state index contributed by atoms with van der Waals surface area (Å²) in [6, 6.07) is 40.8. The highest BCUT2D eigenvalue weighted by molar-refractivity contribution is 6.04. The van der Waals surface area contributed by atoms with Crippen molar-refractivity contribution in [2.24, 2.45) is 5.92 Å². The van der Waals surface area contributed by atoms with Crippen LogP contribution in [0.5, 0.6) is 0 Å². The summed E-state index contributed by atoms with van der Waals surface area (Å²) in [5.41, 5.74) is 5.23. The molecule has 0 aromatic heterocycles. The van der Waals surface area contributed by atoms with Gasteiger partial charge in [0.15, 0.2) is 5.78 Å². The van der Waals surface area contributed by atoms with E-state index in [4.69, 9.17) is 0 Å². The molecule has 2 aliphatic rings. The van der Waals surface area contributed by atoms with E-state index in [9.17, 15) is 15.3 Å². The maximum absolute atomic E-state index is 14.5. The normalized spacial score (nSPS) is 20.7. The van der Waals surface area contributed by atoms with Crippen molar-refractivity contribution in [1.29, 1.82) is 10.5 Å². The molecule has 0 aliphatic carbocycles. The van der Waals surface area contributed by atoms with Crippen LogP contribution in [0.2, 0.25) is 0 Å². The summed E-state index contributed by atoms with van der Waals surface area (Å²) in [5, 5.41) is 20.3. The SMILES string of the molecule is N#CC(C#N)=C(c1ccccc1)[C@@H]1[C@@H](c2ccccc2)[C@@H](C(=O)c2ccccc2)N2c3ccccc3C=C[C@@H]12. The number of hydrogen-bond acceptors (Lipinski definition) is 4. The van der Waals surface area contributed by atoms with E-state index in [1.165, 1.54) is 0 Å². The van der Waals surface area contributed by atoms with Crippen molar-refractivity contribution < 1.29 is 4.79 Å². The van der Waals surface area contributed by atoms with Gasteiger partial charge in [-0.05, 0) is 28.3 Å². The molecule has 0 N–H and O–H groups in total. The minimum Gasteiger partial charge on any atom is -0.353 e. The molecular formula is C35H25N3O. The number of hydrogen-bond donors (Lipinski definition) is 0.